The summed E-state index contributed by atoms with van der Waals surface area (Å²) in [4.78, 5) is 12.7. The number of benzene rings is 2. The Labute approximate surface area is 155 Å². The molecule has 0 saturated heterocycles. The third-order valence-electron chi connectivity index (χ3n) is 5.13. The highest BCUT2D eigenvalue weighted by Gasteiger charge is 2.27. The highest BCUT2D eigenvalue weighted by atomic mass is 16.5. The van der Waals surface area contributed by atoms with Gasteiger partial charge in [0.1, 0.15) is 5.75 Å². The monoisotopic (exact) mass is 352 g/mol. The Morgan fingerprint density at radius 3 is 2.42 bits per heavy atom. The van der Waals surface area contributed by atoms with Crippen LogP contribution < -0.4 is 15.8 Å². The van der Waals surface area contributed by atoms with Crippen LogP contribution in [0.2, 0.25) is 0 Å². The predicted molar refractivity (Wildman–Crippen MR) is 104 cm³/mol. The molecular weight excluding hydrogens is 324 g/mol. The van der Waals surface area contributed by atoms with E-state index in [4.69, 9.17) is 10.5 Å². The molecule has 0 spiro atoms. The van der Waals surface area contributed by atoms with Gasteiger partial charge in [-0.3, -0.25) is 4.79 Å². The lowest BCUT2D eigenvalue weighted by Gasteiger charge is -2.22. The Balaban J connectivity index is 1.76. The molecule has 2 aromatic carbocycles. The highest BCUT2D eigenvalue weighted by molar-refractivity contribution is 5.77. The van der Waals surface area contributed by atoms with E-state index in [1.165, 1.54) is 0 Å². The Bertz CT molecular complexity index is 700. The molecule has 1 fully saturated rings. The molecule has 4 heteroatoms. The fraction of sp³-hybridized carbons (Fsp3) is 0.409. The van der Waals surface area contributed by atoms with Gasteiger partial charge in [0.05, 0.1) is 12.6 Å². The second-order valence-electron chi connectivity index (χ2n) is 6.97. The number of carbonyl (C=O) groups excluding carboxylic acids is 1. The first-order valence-electron chi connectivity index (χ1n) is 9.50. The minimum Gasteiger partial charge on any atom is -0.494 e. The molecule has 2 aromatic rings. The van der Waals surface area contributed by atoms with E-state index in [0.717, 1.165) is 36.1 Å². The number of amides is 1. The quantitative estimate of drug-likeness (QED) is 0.796. The average molecular weight is 352 g/mol. The van der Waals surface area contributed by atoms with E-state index in [-0.39, 0.29) is 18.0 Å². The number of carbonyl (C=O) groups is 1. The summed E-state index contributed by atoms with van der Waals surface area (Å²) in [7, 11) is 0. The Morgan fingerprint density at radius 2 is 1.81 bits per heavy atom. The number of hydrogen-bond donors (Lipinski definition) is 2. The van der Waals surface area contributed by atoms with Crippen LogP contribution >= 0.6 is 0 Å². The van der Waals surface area contributed by atoms with Crippen molar-refractivity contribution in [3.8, 4) is 5.75 Å². The first-order valence-corrected chi connectivity index (χ1v) is 9.50. The summed E-state index contributed by atoms with van der Waals surface area (Å²) in [6.07, 6.45) is 3.70. The summed E-state index contributed by atoms with van der Waals surface area (Å²) in [6, 6.07) is 18.0. The SMILES string of the molecule is CCOc1ccc(C(NC(=O)C[C@@H]2CCC[C@H]2N)c2ccccc2)cc1. The maximum absolute atomic E-state index is 12.7. The first kappa shape index (κ1) is 18.5. The van der Waals surface area contributed by atoms with Crippen molar-refractivity contribution in [1.82, 2.24) is 5.32 Å². The van der Waals surface area contributed by atoms with Crippen molar-refractivity contribution in [2.75, 3.05) is 6.61 Å². The van der Waals surface area contributed by atoms with Crippen molar-refractivity contribution in [2.45, 2.75) is 44.7 Å². The molecule has 1 unspecified atom stereocenters. The fourth-order valence-corrected chi connectivity index (χ4v) is 3.70. The zero-order valence-corrected chi connectivity index (χ0v) is 15.4. The molecule has 0 bridgehead atoms. The molecule has 3 atom stereocenters. The van der Waals surface area contributed by atoms with Crippen molar-refractivity contribution < 1.29 is 9.53 Å². The summed E-state index contributed by atoms with van der Waals surface area (Å²) in [5.74, 6) is 1.20. The number of nitrogens with two attached hydrogens (primary N) is 1. The smallest absolute Gasteiger partial charge is 0.221 e. The van der Waals surface area contributed by atoms with Gasteiger partial charge in [0.15, 0.2) is 0 Å². The molecule has 1 aliphatic rings. The zero-order chi connectivity index (χ0) is 18.4. The average Bonchev–Trinajstić information content (AvgIpc) is 3.06. The van der Waals surface area contributed by atoms with Crippen LogP contribution in [0.25, 0.3) is 0 Å². The lowest BCUT2D eigenvalue weighted by molar-refractivity contribution is -0.122. The van der Waals surface area contributed by atoms with Gasteiger partial charge in [-0.05, 0) is 48.9 Å². The zero-order valence-electron chi connectivity index (χ0n) is 15.4. The topological polar surface area (TPSA) is 64.3 Å². The summed E-state index contributed by atoms with van der Waals surface area (Å²) >= 11 is 0. The van der Waals surface area contributed by atoms with Crippen molar-refractivity contribution in [2.24, 2.45) is 11.7 Å². The molecule has 1 saturated carbocycles. The molecule has 3 rings (SSSR count). The van der Waals surface area contributed by atoms with Gasteiger partial charge in [0, 0.05) is 12.5 Å². The van der Waals surface area contributed by atoms with Gasteiger partial charge in [-0.2, -0.15) is 0 Å². The van der Waals surface area contributed by atoms with Crippen LogP contribution in [0, 0.1) is 5.92 Å². The van der Waals surface area contributed by atoms with Crippen LogP contribution in [0.1, 0.15) is 49.8 Å². The minimum atomic E-state index is -0.169. The summed E-state index contributed by atoms with van der Waals surface area (Å²) in [5, 5.41) is 3.21. The number of ether oxygens (including phenoxy) is 1. The maximum atomic E-state index is 12.7. The second kappa shape index (κ2) is 8.86. The lowest BCUT2D eigenvalue weighted by atomic mass is 9.96. The number of hydrogen-bond acceptors (Lipinski definition) is 3. The van der Waals surface area contributed by atoms with Crippen LogP contribution in [0.15, 0.2) is 54.6 Å². The van der Waals surface area contributed by atoms with Gasteiger partial charge < -0.3 is 15.8 Å². The second-order valence-corrected chi connectivity index (χ2v) is 6.97. The van der Waals surface area contributed by atoms with Gasteiger partial charge in [-0.1, -0.05) is 48.9 Å². The Kier molecular flexibility index (Phi) is 6.29. The third-order valence-corrected chi connectivity index (χ3v) is 5.13. The molecule has 1 aliphatic carbocycles. The lowest BCUT2D eigenvalue weighted by Crippen LogP contribution is -2.34. The van der Waals surface area contributed by atoms with E-state index >= 15 is 0 Å². The van der Waals surface area contributed by atoms with Gasteiger partial charge in [-0.15, -0.1) is 0 Å². The normalized spacial score (nSPS) is 20.5. The number of rotatable bonds is 7. The largest absolute Gasteiger partial charge is 0.494 e. The van der Waals surface area contributed by atoms with Crippen molar-refractivity contribution in [3.05, 3.63) is 65.7 Å². The van der Waals surface area contributed by atoms with Gasteiger partial charge in [0.25, 0.3) is 0 Å². The summed E-state index contributed by atoms with van der Waals surface area (Å²) < 4.78 is 5.53. The first-order chi connectivity index (χ1) is 12.7. The molecule has 4 nitrogen and oxygen atoms in total. The van der Waals surface area contributed by atoms with Crippen LogP contribution in [0.4, 0.5) is 0 Å². The van der Waals surface area contributed by atoms with E-state index < -0.39 is 0 Å². The molecule has 0 aliphatic heterocycles. The highest BCUT2D eigenvalue weighted by Crippen LogP contribution is 2.28. The molecule has 0 aromatic heterocycles. The molecule has 3 N–H and O–H groups in total. The van der Waals surface area contributed by atoms with Crippen molar-refractivity contribution in [1.29, 1.82) is 0 Å². The molecule has 138 valence electrons. The van der Waals surface area contributed by atoms with Crippen LogP contribution in [0.3, 0.4) is 0 Å². The maximum Gasteiger partial charge on any atom is 0.221 e. The summed E-state index contributed by atoms with van der Waals surface area (Å²) in [6.45, 7) is 2.61. The van der Waals surface area contributed by atoms with Crippen LogP contribution in [-0.2, 0) is 4.79 Å². The Morgan fingerprint density at radius 1 is 1.12 bits per heavy atom. The molecule has 26 heavy (non-hydrogen) atoms. The van der Waals surface area contributed by atoms with Gasteiger partial charge in [0.2, 0.25) is 5.91 Å². The van der Waals surface area contributed by atoms with Gasteiger partial charge >= 0.3 is 0 Å². The molecular formula is C22H28N2O2. The Hall–Kier alpha value is -2.33. The fourth-order valence-electron chi connectivity index (χ4n) is 3.70. The molecule has 0 radical (unpaired) electrons. The van der Waals surface area contributed by atoms with E-state index in [1.54, 1.807) is 0 Å². The number of nitrogens with one attached hydrogen (secondary N) is 1. The van der Waals surface area contributed by atoms with E-state index in [2.05, 4.69) is 5.32 Å². The van der Waals surface area contributed by atoms with Crippen LogP contribution in [-0.4, -0.2) is 18.6 Å². The minimum absolute atomic E-state index is 0.0649. The standard InChI is InChI=1S/C22H28N2O2/c1-2-26-19-13-11-17(12-14-19)22(16-7-4-3-5-8-16)24-21(25)15-18-9-6-10-20(18)23/h3-5,7-8,11-14,18,20,22H,2,6,9-10,15,23H2,1H3,(H,24,25)/t18-,20+,22?/m0/s1. The molecule has 1 amide bonds. The van der Waals surface area contributed by atoms with Crippen molar-refractivity contribution >= 4 is 5.91 Å². The van der Waals surface area contributed by atoms with Crippen LogP contribution in [0.5, 0.6) is 5.75 Å². The summed E-state index contributed by atoms with van der Waals surface area (Å²) in [5.41, 5.74) is 8.25. The van der Waals surface area contributed by atoms with E-state index in [9.17, 15) is 4.79 Å². The van der Waals surface area contributed by atoms with E-state index in [0.29, 0.717) is 18.9 Å². The van der Waals surface area contributed by atoms with Crippen molar-refractivity contribution in [3.63, 3.8) is 0 Å². The van der Waals surface area contributed by atoms with E-state index in [1.807, 2.05) is 61.5 Å². The predicted octanol–water partition coefficient (Wildman–Crippen LogP) is 3.81. The third kappa shape index (κ3) is 4.64. The molecule has 0 heterocycles. The van der Waals surface area contributed by atoms with Gasteiger partial charge in [-0.25, -0.2) is 0 Å².